The third-order valence-electron chi connectivity index (χ3n) is 4.89. The van der Waals surface area contributed by atoms with Crippen LogP contribution in [0.3, 0.4) is 0 Å². The number of methoxy groups -OCH3 is 2. The summed E-state index contributed by atoms with van der Waals surface area (Å²) in [5.74, 6) is 0.662. The van der Waals surface area contributed by atoms with Crippen molar-refractivity contribution in [1.29, 1.82) is 0 Å². The van der Waals surface area contributed by atoms with Gasteiger partial charge in [-0.1, -0.05) is 6.07 Å². The van der Waals surface area contributed by atoms with Crippen molar-refractivity contribution in [2.75, 3.05) is 20.8 Å². The van der Waals surface area contributed by atoms with Crippen LogP contribution in [0.25, 0.3) is 20.5 Å². The highest BCUT2D eigenvalue weighted by molar-refractivity contribution is 7.23. The topological polar surface area (TPSA) is 95.3 Å². The molecule has 4 rings (SSSR count). The van der Waals surface area contributed by atoms with E-state index in [2.05, 4.69) is 15.4 Å². The van der Waals surface area contributed by atoms with Crippen molar-refractivity contribution < 1.29 is 14.3 Å². The number of amides is 1. The molecule has 0 aliphatic heterocycles. The molecule has 0 fully saturated rings. The first kappa shape index (κ1) is 22.7. The number of aryl methyl sites for hydroxylation is 1. The molecule has 1 amide bonds. The van der Waals surface area contributed by atoms with Crippen molar-refractivity contribution in [3.63, 3.8) is 0 Å². The molecule has 1 aromatic carbocycles. The van der Waals surface area contributed by atoms with Crippen molar-refractivity contribution in [3.05, 3.63) is 69.5 Å². The fraction of sp³-hybridized carbons (Fsp3) is 0.217. The van der Waals surface area contributed by atoms with Gasteiger partial charge in [-0.25, -0.2) is 9.67 Å². The van der Waals surface area contributed by atoms with Gasteiger partial charge in [0.05, 0.1) is 41.8 Å². The van der Waals surface area contributed by atoms with Gasteiger partial charge in [0.25, 0.3) is 11.5 Å². The summed E-state index contributed by atoms with van der Waals surface area (Å²) in [5.41, 5.74) is 1.65. The number of thiazole rings is 1. The lowest BCUT2D eigenvalue weighted by atomic mass is 10.1. The van der Waals surface area contributed by atoms with Crippen LogP contribution in [0.5, 0.6) is 11.5 Å². The number of nitrogens with one attached hydrogen (secondary N) is 1. The number of benzene rings is 1. The number of carbonyl (C=O) groups excluding carboxylic acids is 1. The molecular formula is C23H22N4O4S2. The normalized spacial score (nSPS) is 10.8. The first-order valence-corrected chi connectivity index (χ1v) is 11.8. The summed E-state index contributed by atoms with van der Waals surface area (Å²) in [7, 11) is 3.03. The third kappa shape index (κ3) is 4.96. The van der Waals surface area contributed by atoms with E-state index in [1.54, 1.807) is 46.9 Å². The summed E-state index contributed by atoms with van der Waals surface area (Å²) in [6, 6.07) is 12.2. The number of nitrogens with zero attached hydrogens (tertiary/aromatic N) is 3. The standard InChI is InChI=1S/C23H22N4O4S2/c1-14-21(33-23(25-14)19-5-4-12-32-19)17-7-9-20(28)27(26-17)11-10-24-22(29)16-13-15(30-2)6-8-18(16)31-3/h4-9,12-13H,10-11H2,1-3H3,(H,24,29). The maximum absolute atomic E-state index is 12.7. The Morgan fingerprint density at radius 3 is 2.73 bits per heavy atom. The Bertz CT molecular complexity index is 1330. The fourth-order valence-electron chi connectivity index (χ4n) is 3.23. The lowest BCUT2D eigenvalue weighted by Gasteiger charge is -2.11. The van der Waals surface area contributed by atoms with Crippen LogP contribution in [0.15, 0.2) is 52.6 Å². The minimum atomic E-state index is -0.325. The molecule has 0 spiro atoms. The van der Waals surface area contributed by atoms with Gasteiger partial charge in [0.1, 0.15) is 22.2 Å². The van der Waals surface area contributed by atoms with Gasteiger partial charge in [-0.3, -0.25) is 9.59 Å². The number of thiophene rings is 1. The zero-order chi connectivity index (χ0) is 23.4. The van der Waals surface area contributed by atoms with Gasteiger partial charge in [-0.15, -0.1) is 22.7 Å². The second-order valence-electron chi connectivity index (χ2n) is 7.01. The molecule has 10 heteroatoms. The van der Waals surface area contributed by atoms with Crippen LogP contribution in [-0.4, -0.2) is 41.4 Å². The molecule has 0 atom stereocenters. The van der Waals surface area contributed by atoms with Crippen LogP contribution in [0.4, 0.5) is 0 Å². The molecule has 0 aliphatic carbocycles. The van der Waals surface area contributed by atoms with E-state index in [9.17, 15) is 9.59 Å². The van der Waals surface area contributed by atoms with Gasteiger partial charge < -0.3 is 14.8 Å². The Labute approximate surface area is 198 Å². The molecule has 1 N–H and O–H groups in total. The second-order valence-corrected chi connectivity index (χ2v) is 8.96. The Balaban J connectivity index is 1.49. The zero-order valence-corrected chi connectivity index (χ0v) is 20.0. The van der Waals surface area contributed by atoms with E-state index in [4.69, 9.17) is 9.47 Å². The summed E-state index contributed by atoms with van der Waals surface area (Å²) >= 11 is 3.18. The highest BCUT2D eigenvalue weighted by atomic mass is 32.1. The largest absolute Gasteiger partial charge is 0.497 e. The molecule has 0 saturated carbocycles. The number of aromatic nitrogens is 3. The van der Waals surface area contributed by atoms with Crippen LogP contribution in [-0.2, 0) is 6.54 Å². The van der Waals surface area contributed by atoms with E-state index in [-0.39, 0.29) is 24.6 Å². The van der Waals surface area contributed by atoms with Crippen molar-refractivity contribution >= 4 is 28.6 Å². The van der Waals surface area contributed by atoms with Gasteiger partial charge in [0.15, 0.2) is 0 Å². The number of hydrogen-bond acceptors (Lipinski definition) is 8. The minimum Gasteiger partial charge on any atom is -0.497 e. The predicted octanol–water partition coefficient (Wildman–Crippen LogP) is 3.85. The van der Waals surface area contributed by atoms with Gasteiger partial charge in [0.2, 0.25) is 0 Å². The maximum Gasteiger partial charge on any atom is 0.266 e. The molecule has 0 bridgehead atoms. The SMILES string of the molecule is COc1ccc(OC)c(C(=O)NCCn2nc(-c3sc(-c4cccs4)nc3C)ccc2=O)c1. The highest BCUT2D eigenvalue weighted by Gasteiger charge is 2.16. The van der Waals surface area contributed by atoms with Crippen molar-refractivity contribution in [1.82, 2.24) is 20.1 Å². The van der Waals surface area contributed by atoms with Crippen LogP contribution < -0.4 is 20.3 Å². The highest BCUT2D eigenvalue weighted by Crippen LogP contribution is 2.35. The summed E-state index contributed by atoms with van der Waals surface area (Å²) in [4.78, 5) is 31.7. The van der Waals surface area contributed by atoms with E-state index in [1.807, 2.05) is 24.4 Å². The zero-order valence-electron chi connectivity index (χ0n) is 18.3. The van der Waals surface area contributed by atoms with Crippen molar-refractivity contribution in [2.45, 2.75) is 13.5 Å². The second kappa shape index (κ2) is 9.97. The lowest BCUT2D eigenvalue weighted by Crippen LogP contribution is -2.32. The Kier molecular flexibility index (Phi) is 6.85. The predicted molar refractivity (Wildman–Crippen MR) is 130 cm³/mol. The van der Waals surface area contributed by atoms with Gasteiger partial charge in [-0.05, 0) is 42.6 Å². The van der Waals surface area contributed by atoms with E-state index < -0.39 is 0 Å². The van der Waals surface area contributed by atoms with Crippen molar-refractivity contribution in [2.24, 2.45) is 0 Å². The summed E-state index contributed by atoms with van der Waals surface area (Å²) in [6.45, 7) is 2.37. The number of rotatable bonds is 8. The van der Waals surface area contributed by atoms with Crippen LogP contribution >= 0.6 is 22.7 Å². The Hall–Kier alpha value is -3.50. The molecular weight excluding hydrogens is 460 g/mol. The van der Waals surface area contributed by atoms with Crippen LogP contribution in [0, 0.1) is 6.92 Å². The van der Waals surface area contributed by atoms with Crippen LogP contribution in [0.2, 0.25) is 0 Å². The molecule has 170 valence electrons. The quantitative estimate of drug-likeness (QED) is 0.410. The monoisotopic (exact) mass is 482 g/mol. The van der Waals surface area contributed by atoms with Crippen molar-refractivity contribution in [3.8, 4) is 32.0 Å². The Morgan fingerprint density at radius 2 is 2.00 bits per heavy atom. The molecule has 0 unspecified atom stereocenters. The molecule has 3 aromatic heterocycles. The average molecular weight is 483 g/mol. The number of ether oxygens (including phenoxy) is 2. The number of carbonyl (C=O) groups is 1. The van der Waals surface area contributed by atoms with E-state index in [0.29, 0.717) is 22.8 Å². The first-order chi connectivity index (χ1) is 16.0. The molecule has 8 nitrogen and oxygen atoms in total. The van der Waals surface area contributed by atoms with E-state index >= 15 is 0 Å². The summed E-state index contributed by atoms with van der Waals surface area (Å²) < 4.78 is 11.8. The molecule has 3 heterocycles. The van der Waals surface area contributed by atoms with Gasteiger partial charge in [0, 0.05) is 12.6 Å². The maximum atomic E-state index is 12.7. The van der Waals surface area contributed by atoms with Crippen LogP contribution in [0.1, 0.15) is 16.1 Å². The fourth-order valence-corrected chi connectivity index (χ4v) is 5.06. The van der Waals surface area contributed by atoms with Gasteiger partial charge in [-0.2, -0.15) is 5.10 Å². The molecule has 33 heavy (non-hydrogen) atoms. The Morgan fingerprint density at radius 1 is 1.15 bits per heavy atom. The minimum absolute atomic E-state index is 0.220. The molecule has 4 aromatic rings. The summed E-state index contributed by atoms with van der Waals surface area (Å²) in [6.07, 6.45) is 0. The number of hydrogen-bond donors (Lipinski definition) is 1. The van der Waals surface area contributed by atoms with Gasteiger partial charge >= 0.3 is 0 Å². The average Bonchev–Trinajstić information content (AvgIpc) is 3.49. The molecule has 0 saturated heterocycles. The molecule has 0 radical (unpaired) electrons. The van der Waals surface area contributed by atoms with E-state index in [0.717, 1.165) is 20.5 Å². The first-order valence-electron chi connectivity index (χ1n) is 10.1. The lowest BCUT2D eigenvalue weighted by molar-refractivity contribution is 0.0948. The smallest absolute Gasteiger partial charge is 0.266 e. The molecule has 0 aliphatic rings. The third-order valence-corrected chi connectivity index (χ3v) is 7.11. The van der Waals surface area contributed by atoms with E-state index in [1.165, 1.54) is 25.0 Å². The summed E-state index contributed by atoms with van der Waals surface area (Å²) in [5, 5.41) is 10.3.